The average Bonchev–Trinajstić information content (AvgIpc) is 3.07. The van der Waals surface area contributed by atoms with Crippen LogP contribution in [0.3, 0.4) is 0 Å². The highest BCUT2D eigenvalue weighted by Gasteiger charge is 2.33. The van der Waals surface area contributed by atoms with Crippen LogP contribution in [0, 0.1) is 11.3 Å². The molecule has 1 aromatic carbocycles. The highest BCUT2D eigenvalue weighted by atomic mass is 19.3. The molecule has 3 fully saturated rings. The summed E-state index contributed by atoms with van der Waals surface area (Å²) in [5.74, 6) is 1.21. The average molecular weight is 650 g/mol. The molecule has 3 aliphatic heterocycles. The van der Waals surface area contributed by atoms with Crippen molar-refractivity contribution in [1.29, 1.82) is 5.26 Å². The molecule has 3 aromatic rings. The molecule has 3 saturated heterocycles. The molecule has 12 nitrogen and oxygen atoms in total. The number of anilines is 2. The number of aliphatic hydroxyl groups is 1. The lowest BCUT2D eigenvalue weighted by atomic mass is 9.89. The van der Waals surface area contributed by atoms with E-state index in [1.807, 2.05) is 6.07 Å². The van der Waals surface area contributed by atoms with Crippen LogP contribution in [0.4, 0.5) is 20.5 Å². The number of hydrogen-bond donors (Lipinski definition) is 2. The van der Waals surface area contributed by atoms with E-state index in [1.165, 1.54) is 4.90 Å². The Morgan fingerprint density at radius 3 is 2.51 bits per heavy atom. The number of likely N-dealkylation sites (tertiary alicyclic amines) is 2. The maximum atomic E-state index is 12.7. The number of nitrogens with zero attached hydrogens (tertiary/aromatic N) is 6. The molecule has 14 heteroatoms. The van der Waals surface area contributed by atoms with Gasteiger partial charge in [0.2, 0.25) is 11.8 Å². The zero-order valence-corrected chi connectivity index (χ0v) is 26.0. The Kier molecular flexibility index (Phi) is 10.1. The highest BCUT2D eigenvalue weighted by molar-refractivity contribution is 5.81. The van der Waals surface area contributed by atoms with E-state index in [1.54, 1.807) is 37.6 Å². The number of benzene rings is 1. The third-order valence-corrected chi connectivity index (χ3v) is 9.02. The molecule has 1 atom stereocenters. The summed E-state index contributed by atoms with van der Waals surface area (Å²) >= 11 is 0. The number of ether oxygens (including phenoxy) is 3. The topological polar surface area (TPSA) is 146 Å². The van der Waals surface area contributed by atoms with Gasteiger partial charge in [0.05, 0.1) is 37.6 Å². The molecule has 0 radical (unpaired) electrons. The fourth-order valence-electron chi connectivity index (χ4n) is 6.25. The second-order valence-corrected chi connectivity index (χ2v) is 11.9. The number of methoxy groups -OCH3 is 1. The van der Waals surface area contributed by atoms with Gasteiger partial charge in [-0.2, -0.15) is 10.2 Å². The summed E-state index contributed by atoms with van der Waals surface area (Å²) in [6.07, 6.45) is -1.32. The van der Waals surface area contributed by atoms with E-state index in [4.69, 9.17) is 19.2 Å². The summed E-state index contributed by atoms with van der Waals surface area (Å²) < 4.78 is 42.5. The number of nitrogens with one attached hydrogen (secondary N) is 1. The van der Waals surface area contributed by atoms with Crippen LogP contribution >= 0.6 is 0 Å². The Hall–Kier alpha value is -4.45. The Labute approximate surface area is 271 Å². The summed E-state index contributed by atoms with van der Waals surface area (Å²) in [6, 6.07) is 13.6. The molecule has 0 spiro atoms. The van der Waals surface area contributed by atoms with Gasteiger partial charge in [-0.1, -0.05) is 0 Å². The van der Waals surface area contributed by atoms with E-state index in [9.17, 15) is 23.9 Å². The first kappa shape index (κ1) is 32.5. The van der Waals surface area contributed by atoms with Gasteiger partial charge >= 0.3 is 0 Å². The third kappa shape index (κ3) is 7.43. The van der Waals surface area contributed by atoms with Gasteiger partial charge < -0.3 is 29.5 Å². The maximum Gasteiger partial charge on any atom is 0.273 e. The van der Waals surface area contributed by atoms with E-state index < -0.39 is 18.4 Å². The Morgan fingerprint density at radius 1 is 1.09 bits per heavy atom. The van der Waals surface area contributed by atoms with Crippen molar-refractivity contribution in [2.45, 2.75) is 56.3 Å². The smallest absolute Gasteiger partial charge is 0.273 e. The van der Waals surface area contributed by atoms with Crippen molar-refractivity contribution in [2.24, 2.45) is 0 Å². The molecule has 3 aliphatic rings. The van der Waals surface area contributed by atoms with Gasteiger partial charge in [-0.3, -0.25) is 9.69 Å². The monoisotopic (exact) mass is 649 g/mol. The SMILES string of the molecule is COc1nc(Nc2nccc(-c3ccc(OC4CCN(C(=O)[C@@H](O)C(F)F)CC4)c(C#N)c3)n2)ccc1C1CCN(C2COC2)CC1. The van der Waals surface area contributed by atoms with Crippen molar-refractivity contribution in [3.05, 3.63) is 53.7 Å². The molecule has 6 rings (SSSR count). The highest BCUT2D eigenvalue weighted by Crippen LogP contribution is 2.35. The molecule has 0 bridgehead atoms. The van der Waals surface area contributed by atoms with Gasteiger partial charge in [-0.05, 0) is 68.2 Å². The van der Waals surface area contributed by atoms with E-state index in [0.29, 0.717) is 65.0 Å². The van der Waals surface area contributed by atoms with E-state index in [0.717, 1.165) is 44.7 Å². The lowest BCUT2D eigenvalue weighted by Crippen LogP contribution is -2.51. The minimum atomic E-state index is -3.13. The van der Waals surface area contributed by atoms with E-state index in [-0.39, 0.29) is 19.2 Å². The Morgan fingerprint density at radius 2 is 1.85 bits per heavy atom. The number of aromatic nitrogens is 3. The number of rotatable bonds is 10. The van der Waals surface area contributed by atoms with Crippen LogP contribution in [-0.2, 0) is 9.53 Å². The summed E-state index contributed by atoms with van der Waals surface area (Å²) in [5.41, 5.74) is 2.66. The second kappa shape index (κ2) is 14.5. The maximum absolute atomic E-state index is 12.7. The summed E-state index contributed by atoms with van der Waals surface area (Å²) in [5, 5.41) is 22.4. The number of piperidine rings is 2. The second-order valence-electron chi connectivity index (χ2n) is 11.9. The van der Waals surface area contributed by atoms with Gasteiger partial charge in [0.15, 0.2) is 6.10 Å². The first-order valence-corrected chi connectivity index (χ1v) is 15.8. The van der Waals surface area contributed by atoms with Gasteiger partial charge in [0.1, 0.15) is 23.7 Å². The quantitative estimate of drug-likeness (QED) is 0.331. The number of alkyl halides is 2. The molecule has 5 heterocycles. The Balaban J connectivity index is 1.08. The number of pyridine rings is 1. The molecule has 2 N–H and O–H groups in total. The molecular weight excluding hydrogens is 612 g/mol. The zero-order chi connectivity index (χ0) is 32.9. The van der Waals surface area contributed by atoms with Crippen LogP contribution in [-0.4, -0.2) is 107 Å². The summed E-state index contributed by atoms with van der Waals surface area (Å²) in [4.78, 5) is 29.4. The van der Waals surface area contributed by atoms with Crippen LogP contribution < -0.4 is 14.8 Å². The fraction of sp³-hybridized carbons (Fsp3) is 0.485. The van der Waals surface area contributed by atoms with Crippen molar-refractivity contribution in [2.75, 3.05) is 51.8 Å². The normalized spacial score (nSPS) is 18.8. The number of amides is 1. The number of aliphatic hydroxyl groups excluding tert-OH is 1. The van der Waals surface area contributed by atoms with Gasteiger partial charge in [-0.15, -0.1) is 0 Å². The number of hydrogen-bond acceptors (Lipinski definition) is 11. The molecule has 0 saturated carbocycles. The van der Waals surface area contributed by atoms with Crippen LogP contribution in [0.1, 0.15) is 42.7 Å². The molecule has 0 unspecified atom stereocenters. The molecule has 0 aliphatic carbocycles. The number of carbonyl (C=O) groups is 1. The number of nitriles is 1. The van der Waals surface area contributed by atoms with E-state index in [2.05, 4.69) is 32.3 Å². The minimum Gasteiger partial charge on any atom is -0.489 e. The first-order chi connectivity index (χ1) is 22.8. The predicted molar refractivity (Wildman–Crippen MR) is 167 cm³/mol. The lowest BCUT2D eigenvalue weighted by molar-refractivity contribution is -0.150. The zero-order valence-electron chi connectivity index (χ0n) is 26.0. The van der Waals surface area contributed by atoms with Crippen LogP contribution in [0.5, 0.6) is 11.6 Å². The van der Waals surface area contributed by atoms with Crippen LogP contribution in [0.25, 0.3) is 11.3 Å². The number of carbonyl (C=O) groups excluding carboxylic acids is 1. The van der Waals surface area contributed by atoms with Gasteiger partial charge in [0, 0.05) is 43.3 Å². The molecule has 2 aromatic heterocycles. The summed E-state index contributed by atoms with van der Waals surface area (Å²) in [7, 11) is 1.62. The minimum absolute atomic E-state index is 0.170. The van der Waals surface area contributed by atoms with Crippen molar-refractivity contribution >= 4 is 17.7 Å². The number of halogens is 2. The lowest BCUT2D eigenvalue weighted by Gasteiger charge is -2.41. The first-order valence-electron chi connectivity index (χ1n) is 15.8. The fourth-order valence-corrected chi connectivity index (χ4v) is 6.25. The molecule has 47 heavy (non-hydrogen) atoms. The standard InChI is InChI=1S/C33H37F2N7O5/c1-45-31-25(20-7-12-41(13-8-20)23-18-46-19-23)3-5-28(39-31)40-33-37-11-6-26(38-33)21-2-4-27(22(16-21)17-36)47-24-9-14-42(15-10-24)32(44)29(43)30(34)35/h2-6,11,16,20,23-24,29-30,43H,7-10,12-15,18-19H2,1H3,(H,37,38,39,40)/t29-/m0/s1. The van der Waals surface area contributed by atoms with Crippen molar-refractivity contribution in [3.8, 4) is 29.0 Å². The molecule has 1 amide bonds. The van der Waals surface area contributed by atoms with Crippen LogP contribution in [0.15, 0.2) is 42.6 Å². The van der Waals surface area contributed by atoms with E-state index >= 15 is 0 Å². The van der Waals surface area contributed by atoms with Crippen molar-refractivity contribution in [3.63, 3.8) is 0 Å². The summed E-state index contributed by atoms with van der Waals surface area (Å²) in [6.45, 7) is 4.05. The molecule has 248 valence electrons. The van der Waals surface area contributed by atoms with Crippen LogP contribution in [0.2, 0.25) is 0 Å². The third-order valence-electron chi connectivity index (χ3n) is 9.02. The molecular formula is C33H37F2N7O5. The predicted octanol–water partition coefficient (Wildman–Crippen LogP) is 3.74. The largest absolute Gasteiger partial charge is 0.489 e. The van der Waals surface area contributed by atoms with Gasteiger partial charge in [0.25, 0.3) is 12.3 Å². The van der Waals surface area contributed by atoms with Gasteiger partial charge in [-0.25, -0.2) is 18.7 Å². The van der Waals surface area contributed by atoms with Crippen molar-refractivity contribution in [1.82, 2.24) is 24.8 Å². The Bertz CT molecular complexity index is 1600. The van der Waals surface area contributed by atoms with Crippen molar-refractivity contribution < 1.29 is 32.9 Å².